The number of hydrogen-bond donors (Lipinski definition) is 1. The van der Waals surface area contributed by atoms with E-state index >= 15 is 0 Å². The Labute approximate surface area is 200 Å². The molecule has 2 aromatic rings. The van der Waals surface area contributed by atoms with Crippen molar-refractivity contribution < 1.29 is 22.7 Å². The van der Waals surface area contributed by atoms with E-state index in [0.717, 1.165) is 17.0 Å². The molecule has 1 atom stereocenters. The first-order valence-electron chi connectivity index (χ1n) is 10.7. The highest BCUT2D eigenvalue weighted by Crippen LogP contribution is 2.27. The first kappa shape index (κ1) is 26.8. The van der Waals surface area contributed by atoms with Gasteiger partial charge in [0, 0.05) is 32.3 Å². The number of nitrogens with one attached hydrogen (secondary N) is 1. The summed E-state index contributed by atoms with van der Waals surface area (Å²) >= 11 is 6.16. The molecular formula is C22H31ClN4O5S. The Morgan fingerprint density at radius 2 is 1.88 bits per heavy atom. The Bertz CT molecular complexity index is 1130. The van der Waals surface area contributed by atoms with E-state index in [1.165, 1.54) is 29.4 Å². The van der Waals surface area contributed by atoms with Crippen molar-refractivity contribution in [1.29, 1.82) is 0 Å². The molecule has 182 valence electrons. The largest absolute Gasteiger partial charge is 0.453 e. The van der Waals surface area contributed by atoms with E-state index in [1.807, 2.05) is 20.9 Å². The van der Waals surface area contributed by atoms with Gasteiger partial charge in [-0.15, -0.1) is 0 Å². The highest BCUT2D eigenvalue weighted by molar-refractivity contribution is 7.89. The van der Waals surface area contributed by atoms with Gasteiger partial charge in [-0.1, -0.05) is 25.4 Å². The molecule has 0 saturated carbocycles. The third-order valence-electron chi connectivity index (χ3n) is 5.45. The first-order chi connectivity index (χ1) is 15.4. The van der Waals surface area contributed by atoms with Gasteiger partial charge in [0.1, 0.15) is 0 Å². The predicted octanol–water partition coefficient (Wildman–Crippen LogP) is 3.22. The second-order valence-electron chi connectivity index (χ2n) is 7.63. The molecule has 1 aromatic carbocycles. The number of sulfonamides is 1. The van der Waals surface area contributed by atoms with Crippen LogP contribution >= 0.6 is 11.6 Å². The molecule has 0 spiro atoms. The van der Waals surface area contributed by atoms with Gasteiger partial charge in [-0.2, -0.15) is 9.40 Å². The minimum atomic E-state index is -3.72. The van der Waals surface area contributed by atoms with E-state index in [2.05, 4.69) is 10.4 Å². The summed E-state index contributed by atoms with van der Waals surface area (Å²) in [7, 11) is -1.89. The number of amides is 1. The van der Waals surface area contributed by atoms with Crippen LogP contribution in [0.25, 0.3) is 0 Å². The summed E-state index contributed by atoms with van der Waals surface area (Å²) in [6.45, 7) is 9.36. The fourth-order valence-corrected chi connectivity index (χ4v) is 5.07. The zero-order chi connectivity index (χ0) is 24.9. The molecule has 2 rings (SSSR count). The van der Waals surface area contributed by atoms with Gasteiger partial charge in [0.05, 0.1) is 21.3 Å². The van der Waals surface area contributed by atoms with Crippen LogP contribution in [0.4, 0.5) is 5.69 Å². The summed E-state index contributed by atoms with van der Waals surface area (Å²) in [5.41, 5.74) is 2.92. The fourth-order valence-electron chi connectivity index (χ4n) is 3.42. The number of aryl methyl sites for hydroxylation is 2. The Morgan fingerprint density at radius 1 is 1.24 bits per heavy atom. The highest BCUT2D eigenvalue weighted by Gasteiger charge is 2.24. The zero-order valence-electron chi connectivity index (χ0n) is 19.8. The van der Waals surface area contributed by atoms with Gasteiger partial charge in [0.2, 0.25) is 10.0 Å². The van der Waals surface area contributed by atoms with Crippen LogP contribution in [0, 0.1) is 13.8 Å². The van der Waals surface area contributed by atoms with Crippen LogP contribution in [0.1, 0.15) is 44.1 Å². The second-order valence-corrected chi connectivity index (χ2v) is 9.97. The van der Waals surface area contributed by atoms with Crippen molar-refractivity contribution in [3.05, 3.63) is 40.2 Å². The number of carbonyl (C=O) groups excluding carboxylic acids is 2. The average molecular weight is 499 g/mol. The lowest BCUT2D eigenvalue weighted by atomic mass is 10.1. The Kier molecular flexibility index (Phi) is 9.04. The van der Waals surface area contributed by atoms with Crippen molar-refractivity contribution >= 4 is 39.2 Å². The molecule has 1 N–H and O–H groups in total. The fraction of sp³-hybridized carbons (Fsp3) is 0.500. The number of ether oxygens (including phenoxy) is 1. The summed E-state index contributed by atoms with van der Waals surface area (Å²) < 4.78 is 33.8. The molecule has 1 unspecified atom stereocenters. The lowest BCUT2D eigenvalue weighted by molar-refractivity contribution is -0.153. The molecule has 0 aliphatic rings. The zero-order valence-corrected chi connectivity index (χ0v) is 21.4. The standard InChI is InChI=1S/C22H31ClN4O5S/c1-7-27(8-2)33(30,31)17-9-11-19(23)20(13-17)24-22(29)16(5)32-21(28)12-10-18-14(3)25-26(6)15(18)4/h9,11,13,16H,7-8,10,12H2,1-6H3,(H,24,29). The molecule has 9 nitrogen and oxygen atoms in total. The predicted molar refractivity (Wildman–Crippen MR) is 127 cm³/mol. The van der Waals surface area contributed by atoms with E-state index in [0.29, 0.717) is 19.5 Å². The quantitative estimate of drug-likeness (QED) is 0.503. The number of anilines is 1. The van der Waals surface area contributed by atoms with Crippen molar-refractivity contribution in [2.75, 3.05) is 18.4 Å². The summed E-state index contributed by atoms with van der Waals surface area (Å²) in [5.74, 6) is -1.14. The number of nitrogens with zero attached hydrogens (tertiary/aromatic N) is 3. The molecule has 1 heterocycles. The average Bonchev–Trinajstić information content (AvgIpc) is 2.99. The molecule has 11 heteroatoms. The van der Waals surface area contributed by atoms with Crippen LogP contribution in [0.3, 0.4) is 0 Å². The Hall–Kier alpha value is -2.43. The van der Waals surface area contributed by atoms with Crippen LogP contribution in [-0.2, 0) is 37.8 Å². The van der Waals surface area contributed by atoms with Gasteiger partial charge in [0.25, 0.3) is 5.91 Å². The lowest BCUT2D eigenvalue weighted by Gasteiger charge is -2.19. The van der Waals surface area contributed by atoms with Crippen LogP contribution in [0.5, 0.6) is 0 Å². The van der Waals surface area contributed by atoms with E-state index in [1.54, 1.807) is 18.5 Å². The minimum absolute atomic E-state index is 0.0118. The molecule has 33 heavy (non-hydrogen) atoms. The minimum Gasteiger partial charge on any atom is -0.453 e. The van der Waals surface area contributed by atoms with Gasteiger partial charge in [0.15, 0.2) is 6.10 Å². The van der Waals surface area contributed by atoms with E-state index in [-0.39, 0.29) is 22.0 Å². The first-order valence-corrected chi connectivity index (χ1v) is 12.5. The maximum absolute atomic E-state index is 12.8. The normalized spacial score (nSPS) is 12.6. The summed E-state index contributed by atoms with van der Waals surface area (Å²) in [4.78, 5) is 24.9. The number of hydrogen-bond acceptors (Lipinski definition) is 6. The maximum Gasteiger partial charge on any atom is 0.306 e. The summed E-state index contributed by atoms with van der Waals surface area (Å²) in [6.07, 6.45) is -0.535. The Balaban J connectivity index is 2.04. The third-order valence-corrected chi connectivity index (χ3v) is 7.83. The maximum atomic E-state index is 12.8. The third kappa shape index (κ3) is 6.33. The van der Waals surface area contributed by atoms with Gasteiger partial charge in [-0.05, 0) is 51.0 Å². The lowest BCUT2D eigenvalue weighted by Crippen LogP contribution is -2.31. The van der Waals surface area contributed by atoms with Crippen molar-refractivity contribution in [3.8, 4) is 0 Å². The molecule has 1 aromatic heterocycles. The van der Waals surface area contributed by atoms with Crippen molar-refractivity contribution in [2.24, 2.45) is 7.05 Å². The van der Waals surface area contributed by atoms with Gasteiger partial charge >= 0.3 is 5.97 Å². The molecule has 0 aliphatic carbocycles. The van der Waals surface area contributed by atoms with Gasteiger partial charge < -0.3 is 10.1 Å². The van der Waals surface area contributed by atoms with Crippen LogP contribution < -0.4 is 5.32 Å². The summed E-state index contributed by atoms with van der Waals surface area (Å²) in [5, 5.41) is 7.04. The number of halogens is 1. The number of aromatic nitrogens is 2. The number of esters is 1. The number of rotatable bonds is 10. The monoisotopic (exact) mass is 498 g/mol. The van der Waals surface area contributed by atoms with Crippen molar-refractivity contribution in [1.82, 2.24) is 14.1 Å². The molecule has 1 amide bonds. The molecule has 0 aliphatic heterocycles. The van der Waals surface area contributed by atoms with Crippen molar-refractivity contribution in [2.45, 2.75) is 58.5 Å². The Morgan fingerprint density at radius 3 is 2.42 bits per heavy atom. The number of benzene rings is 1. The highest BCUT2D eigenvalue weighted by atomic mass is 35.5. The topological polar surface area (TPSA) is 111 Å². The van der Waals surface area contributed by atoms with E-state index < -0.39 is 28.0 Å². The SMILES string of the molecule is CCN(CC)S(=O)(=O)c1ccc(Cl)c(NC(=O)C(C)OC(=O)CCc2c(C)nn(C)c2C)c1. The molecule has 0 radical (unpaired) electrons. The summed E-state index contributed by atoms with van der Waals surface area (Å²) in [6, 6.07) is 4.09. The molecular weight excluding hydrogens is 468 g/mol. The van der Waals surface area contributed by atoms with Gasteiger partial charge in [-0.3, -0.25) is 14.3 Å². The van der Waals surface area contributed by atoms with E-state index in [4.69, 9.17) is 16.3 Å². The van der Waals surface area contributed by atoms with E-state index in [9.17, 15) is 18.0 Å². The molecule has 0 fully saturated rings. The molecule has 0 saturated heterocycles. The molecule has 0 bridgehead atoms. The smallest absolute Gasteiger partial charge is 0.306 e. The second kappa shape index (κ2) is 11.1. The van der Waals surface area contributed by atoms with Crippen LogP contribution in [0.15, 0.2) is 23.1 Å². The van der Waals surface area contributed by atoms with Gasteiger partial charge in [-0.25, -0.2) is 8.42 Å². The number of carbonyl (C=O) groups is 2. The van der Waals surface area contributed by atoms with Crippen molar-refractivity contribution in [3.63, 3.8) is 0 Å². The van der Waals surface area contributed by atoms with Crippen LogP contribution in [0.2, 0.25) is 5.02 Å². The van der Waals surface area contributed by atoms with Crippen LogP contribution in [-0.4, -0.2) is 53.6 Å².